The summed E-state index contributed by atoms with van der Waals surface area (Å²) in [4.78, 5) is 11.0. The van der Waals surface area contributed by atoms with Crippen molar-refractivity contribution in [2.75, 3.05) is 0 Å². The van der Waals surface area contributed by atoms with Gasteiger partial charge >= 0.3 is 5.97 Å². The van der Waals surface area contributed by atoms with Crippen molar-refractivity contribution in [3.8, 4) is 11.5 Å². The van der Waals surface area contributed by atoms with Crippen LogP contribution in [-0.4, -0.2) is 35.7 Å². The molecule has 144 valence electrons. The smallest absolute Gasteiger partial charge is 0.335 e. The number of hydrogen-bond acceptors (Lipinski definition) is 5. The van der Waals surface area contributed by atoms with E-state index < -0.39 is 16.0 Å². The van der Waals surface area contributed by atoms with Gasteiger partial charge in [-0.3, -0.25) is 0 Å². The van der Waals surface area contributed by atoms with Crippen LogP contribution in [0.3, 0.4) is 0 Å². The van der Waals surface area contributed by atoms with Gasteiger partial charge < -0.3 is 15.3 Å². The summed E-state index contributed by atoms with van der Waals surface area (Å²) in [5.74, 6) is -1.03. The number of phenols is 2. The minimum absolute atomic E-state index is 0.00119. The Hall–Kier alpha value is -2.58. The summed E-state index contributed by atoms with van der Waals surface area (Å²) >= 11 is 0. The van der Waals surface area contributed by atoms with E-state index in [0.717, 1.165) is 11.6 Å². The van der Waals surface area contributed by atoms with Crippen molar-refractivity contribution >= 4 is 16.0 Å². The van der Waals surface area contributed by atoms with E-state index in [-0.39, 0.29) is 33.9 Å². The van der Waals surface area contributed by atoms with Crippen LogP contribution < -0.4 is 4.72 Å². The average Bonchev–Trinajstić information content (AvgIpc) is 2.62. The molecule has 0 spiro atoms. The molecule has 0 heterocycles. The van der Waals surface area contributed by atoms with E-state index in [9.17, 15) is 23.4 Å². The first-order valence-corrected chi connectivity index (χ1v) is 10.1. The molecular formula is C19H21NO6S. The number of phenolic OH excluding ortho intramolecular Hbond substituents is 2. The highest BCUT2D eigenvalue weighted by Crippen LogP contribution is 2.38. The fourth-order valence-corrected chi connectivity index (χ4v) is 4.83. The van der Waals surface area contributed by atoms with Crippen molar-refractivity contribution in [3.63, 3.8) is 0 Å². The van der Waals surface area contributed by atoms with Crippen LogP contribution >= 0.6 is 0 Å². The highest BCUT2D eigenvalue weighted by atomic mass is 32.2. The van der Waals surface area contributed by atoms with E-state index in [0.29, 0.717) is 25.7 Å². The molecule has 0 atom stereocenters. The van der Waals surface area contributed by atoms with Gasteiger partial charge in [-0.25, -0.2) is 17.9 Å². The zero-order valence-electron chi connectivity index (χ0n) is 14.5. The molecule has 0 unspecified atom stereocenters. The molecule has 0 radical (unpaired) electrons. The molecule has 0 bridgehead atoms. The Morgan fingerprint density at radius 1 is 1.00 bits per heavy atom. The summed E-state index contributed by atoms with van der Waals surface area (Å²) in [6, 6.07) is 9.54. The van der Waals surface area contributed by atoms with Crippen molar-refractivity contribution in [2.45, 2.75) is 42.5 Å². The molecule has 2 aromatic rings. The Morgan fingerprint density at radius 2 is 1.70 bits per heavy atom. The maximum Gasteiger partial charge on any atom is 0.335 e. The average molecular weight is 391 g/mol. The number of hydrogen-bond donors (Lipinski definition) is 4. The van der Waals surface area contributed by atoms with Crippen LogP contribution in [0, 0.1) is 0 Å². The molecule has 4 N–H and O–H groups in total. The summed E-state index contributed by atoms with van der Waals surface area (Å²) in [5, 5.41) is 28.4. The van der Waals surface area contributed by atoms with Crippen LogP contribution in [0.2, 0.25) is 0 Å². The lowest BCUT2D eigenvalue weighted by molar-refractivity contribution is 0.0696. The van der Waals surface area contributed by atoms with E-state index in [1.807, 2.05) is 0 Å². The Balaban J connectivity index is 1.66. The molecule has 3 rings (SSSR count). The Labute approximate surface area is 157 Å². The van der Waals surface area contributed by atoms with Crippen molar-refractivity contribution < 1.29 is 28.5 Å². The van der Waals surface area contributed by atoms with Gasteiger partial charge in [0.25, 0.3) is 0 Å². The number of carboxylic acids is 1. The van der Waals surface area contributed by atoms with E-state index in [1.54, 1.807) is 6.07 Å². The Morgan fingerprint density at radius 3 is 2.33 bits per heavy atom. The zero-order valence-corrected chi connectivity index (χ0v) is 15.3. The molecule has 1 aliphatic carbocycles. The number of carboxylic acid groups (broad SMARTS) is 1. The van der Waals surface area contributed by atoms with Crippen molar-refractivity contribution in [1.82, 2.24) is 4.72 Å². The van der Waals surface area contributed by atoms with Gasteiger partial charge in [-0.2, -0.15) is 0 Å². The number of carbonyl (C=O) groups is 1. The van der Waals surface area contributed by atoms with Crippen molar-refractivity contribution in [2.24, 2.45) is 0 Å². The van der Waals surface area contributed by atoms with Gasteiger partial charge in [-0.1, -0.05) is 12.1 Å². The van der Waals surface area contributed by atoms with Gasteiger partial charge in [-0.05, 0) is 61.4 Å². The standard InChI is InChI=1S/C19H21NO6S/c21-15-8-9-17(18(22)11-15)12-4-6-14(7-5-12)20-27(25,26)16-3-1-2-13(10-16)19(23)24/h1-3,8-12,14,20-22H,4-7H2,(H,23,24)/t12-,14-. The van der Waals surface area contributed by atoms with Gasteiger partial charge in [0.05, 0.1) is 10.5 Å². The second kappa shape index (κ2) is 7.58. The third kappa shape index (κ3) is 4.40. The highest BCUT2D eigenvalue weighted by molar-refractivity contribution is 7.89. The maximum absolute atomic E-state index is 12.5. The molecule has 1 fully saturated rings. The number of nitrogens with one attached hydrogen (secondary N) is 1. The first-order valence-electron chi connectivity index (χ1n) is 8.64. The van der Waals surface area contributed by atoms with Crippen molar-refractivity contribution in [3.05, 3.63) is 53.6 Å². The first-order chi connectivity index (χ1) is 12.8. The summed E-state index contributed by atoms with van der Waals surface area (Å²) in [7, 11) is -3.81. The largest absolute Gasteiger partial charge is 0.508 e. The monoisotopic (exact) mass is 391 g/mol. The lowest BCUT2D eigenvalue weighted by atomic mass is 9.81. The summed E-state index contributed by atoms with van der Waals surface area (Å²) < 4.78 is 27.7. The second-order valence-corrected chi connectivity index (χ2v) is 8.46. The molecule has 0 aliphatic heterocycles. The molecule has 0 aromatic heterocycles. The highest BCUT2D eigenvalue weighted by Gasteiger charge is 2.28. The topological polar surface area (TPSA) is 124 Å². The minimum Gasteiger partial charge on any atom is -0.508 e. The number of sulfonamides is 1. The molecule has 0 amide bonds. The fraction of sp³-hybridized carbons (Fsp3) is 0.316. The number of benzene rings is 2. The predicted molar refractivity (Wildman–Crippen MR) is 98.5 cm³/mol. The molecule has 7 nitrogen and oxygen atoms in total. The maximum atomic E-state index is 12.5. The summed E-state index contributed by atoms with van der Waals surface area (Å²) in [6.45, 7) is 0. The Bertz CT molecular complexity index is 948. The fourth-order valence-electron chi connectivity index (χ4n) is 3.48. The van der Waals surface area contributed by atoms with Crippen LogP contribution in [-0.2, 0) is 10.0 Å². The van der Waals surface area contributed by atoms with E-state index in [1.165, 1.54) is 30.3 Å². The van der Waals surface area contributed by atoms with Gasteiger partial charge in [0.15, 0.2) is 0 Å². The number of aromatic hydroxyl groups is 2. The second-order valence-electron chi connectivity index (χ2n) is 6.75. The van der Waals surface area contributed by atoms with Crippen molar-refractivity contribution in [1.29, 1.82) is 0 Å². The number of aromatic carboxylic acids is 1. The number of rotatable bonds is 5. The van der Waals surface area contributed by atoms with Gasteiger partial charge in [0, 0.05) is 12.1 Å². The third-order valence-corrected chi connectivity index (χ3v) is 6.41. The molecule has 27 heavy (non-hydrogen) atoms. The molecule has 1 aliphatic rings. The normalized spacial score (nSPS) is 20.3. The lowest BCUT2D eigenvalue weighted by Gasteiger charge is -2.29. The molecule has 0 saturated heterocycles. The zero-order chi connectivity index (χ0) is 19.6. The predicted octanol–water partition coefficient (Wildman–Crippen LogP) is 2.80. The lowest BCUT2D eigenvalue weighted by Crippen LogP contribution is -2.37. The molecule has 1 saturated carbocycles. The molecular weight excluding hydrogens is 370 g/mol. The quantitative estimate of drug-likeness (QED) is 0.621. The first kappa shape index (κ1) is 19.2. The molecule has 2 aromatic carbocycles. The van der Waals surface area contributed by atoms with Crippen LogP contribution in [0.4, 0.5) is 0 Å². The van der Waals surface area contributed by atoms with Crippen LogP contribution in [0.1, 0.15) is 47.5 Å². The van der Waals surface area contributed by atoms with Crippen LogP contribution in [0.25, 0.3) is 0 Å². The van der Waals surface area contributed by atoms with Gasteiger partial charge in [-0.15, -0.1) is 0 Å². The minimum atomic E-state index is -3.81. The van der Waals surface area contributed by atoms with Crippen LogP contribution in [0.5, 0.6) is 11.5 Å². The van der Waals surface area contributed by atoms with Gasteiger partial charge in [0.1, 0.15) is 11.5 Å². The molecule has 8 heteroatoms. The van der Waals surface area contributed by atoms with Gasteiger partial charge in [0.2, 0.25) is 10.0 Å². The van der Waals surface area contributed by atoms with E-state index in [2.05, 4.69) is 4.72 Å². The van der Waals surface area contributed by atoms with E-state index >= 15 is 0 Å². The Kier molecular flexibility index (Phi) is 5.38. The van der Waals surface area contributed by atoms with Crippen LogP contribution in [0.15, 0.2) is 47.4 Å². The third-order valence-electron chi connectivity index (χ3n) is 4.89. The summed E-state index contributed by atoms with van der Waals surface area (Å²) in [5.41, 5.74) is 0.674. The summed E-state index contributed by atoms with van der Waals surface area (Å²) in [6.07, 6.45) is 2.59. The SMILES string of the molecule is O=C(O)c1cccc(S(=O)(=O)N[C@H]2CC[C@H](c3ccc(O)cc3O)CC2)c1. The van der Waals surface area contributed by atoms with E-state index in [4.69, 9.17) is 5.11 Å².